The van der Waals surface area contributed by atoms with E-state index >= 15 is 0 Å². The first-order chi connectivity index (χ1) is 3.77. The minimum absolute atomic E-state index is 0. The van der Waals surface area contributed by atoms with Crippen LogP contribution < -0.4 is 0 Å². The van der Waals surface area contributed by atoms with E-state index in [4.69, 9.17) is 5.11 Å². The van der Waals surface area contributed by atoms with Crippen LogP contribution in [0.1, 0.15) is 32.6 Å². The number of carboxylic acid groups (broad SMARTS) is 1. The molecule has 0 spiro atoms. The molecule has 0 atom stereocenters. The van der Waals surface area contributed by atoms with Gasteiger partial charge in [0.15, 0.2) is 0 Å². The van der Waals surface area contributed by atoms with E-state index in [0.29, 0.717) is 6.42 Å². The standard InChI is InChI=1S/C6H12O2.V/c1-2-3-4-5-6(7)8;/h2-5H2,1H3,(H,7,8);. The second-order valence-corrected chi connectivity index (χ2v) is 1.85. The third kappa shape index (κ3) is 11.6. The second kappa shape index (κ2) is 8.05. The van der Waals surface area contributed by atoms with Gasteiger partial charge in [0.2, 0.25) is 0 Å². The minimum Gasteiger partial charge on any atom is -0.481 e. The Morgan fingerprint density at radius 1 is 1.44 bits per heavy atom. The predicted molar refractivity (Wildman–Crippen MR) is 31.8 cm³/mol. The summed E-state index contributed by atoms with van der Waals surface area (Å²) in [5, 5.41) is 8.14. The number of carbonyl (C=O) groups is 1. The van der Waals surface area contributed by atoms with Crippen molar-refractivity contribution in [3.63, 3.8) is 0 Å². The zero-order valence-corrected chi connectivity index (χ0v) is 7.03. The largest absolute Gasteiger partial charge is 0.481 e. The van der Waals surface area contributed by atoms with Gasteiger partial charge in [0, 0.05) is 25.0 Å². The van der Waals surface area contributed by atoms with Crippen molar-refractivity contribution in [2.45, 2.75) is 32.6 Å². The molecular formula is C6H12O2V. The van der Waals surface area contributed by atoms with Gasteiger partial charge in [-0.3, -0.25) is 4.79 Å². The van der Waals surface area contributed by atoms with Crippen LogP contribution in [0, 0.1) is 0 Å². The second-order valence-electron chi connectivity index (χ2n) is 1.85. The molecule has 0 rings (SSSR count). The molecule has 0 saturated heterocycles. The van der Waals surface area contributed by atoms with Gasteiger partial charge >= 0.3 is 5.97 Å². The summed E-state index contributed by atoms with van der Waals surface area (Å²) in [6, 6.07) is 0. The van der Waals surface area contributed by atoms with Crippen LogP contribution in [-0.4, -0.2) is 11.1 Å². The fourth-order valence-electron chi connectivity index (χ4n) is 0.526. The normalized spacial score (nSPS) is 8.11. The SMILES string of the molecule is CCCCCC(=O)O.[V]. The summed E-state index contributed by atoms with van der Waals surface area (Å²) in [5.41, 5.74) is 0. The van der Waals surface area contributed by atoms with Crippen LogP contribution in [0.5, 0.6) is 0 Å². The summed E-state index contributed by atoms with van der Waals surface area (Å²) in [5.74, 6) is -0.682. The Morgan fingerprint density at radius 3 is 2.33 bits per heavy atom. The van der Waals surface area contributed by atoms with E-state index in [-0.39, 0.29) is 18.6 Å². The number of carboxylic acids is 1. The summed E-state index contributed by atoms with van der Waals surface area (Å²) in [6.45, 7) is 2.06. The Kier molecular flexibility index (Phi) is 10.6. The molecule has 53 valence electrons. The minimum atomic E-state index is -0.682. The van der Waals surface area contributed by atoms with Gasteiger partial charge in [-0.2, -0.15) is 0 Å². The molecule has 3 heteroatoms. The van der Waals surface area contributed by atoms with Gasteiger partial charge < -0.3 is 5.11 Å². The average Bonchev–Trinajstić information content (AvgIpc) is 1.66. The molecule has 0 bridgehead atoms. The van der Waals surface area contributed by atoms with Crippen molar-refractivity contribution in [2.24, 2.45) is 0 Å². The molecule has 0 aromatic carbocycles. The molecule has 9 heavy (non-hydrogen) atoms. The van der Waals surface area contributed by atoms with Crippen LogP contribution in [0.2, 0.25) is 0 Å². The van der Waals surface area contributed by atoms with Crippen LogP contribution in [-0.2, 0) is 23.4 Å². The van der Waals surface area contributed by atoms with Crippen LogP contribution in [0.25, 0.3) is 0 Å². The Hall–Kier alpha value is 0.0544. The van der Waals surface area contributed by atoms with Gasteiger partial charge in [0.25, 0.3) is 0 Å². The Balaban J connectivity index is 0. The molecule has 0 aromatic rings. The molecular weight excluding hydrogens is 155 g/mol. The smallest absolute Gasteiger partial charge is 0.303 e. The van der Waals surface area contributed by atoms with E-state index in [1.165, 1.54) is 0 Å². The van der Waals surface area contributed by atoms with Gasteiger partial charge in [-0.1, -0.05) is 19.8 Å². The number of hydrogen-bond donors (Lipinski definition) is 1. The maximum atomic E-state index is 9.87. The molecule has 0 aliphatic heterocycles. The Labute approximate surface area is 67.5 Å². The van der Waals surface area contributed by atoms with Crippen molar-refractivity contribution in [1.82, 2.24) is 0 Å². The Bertz CT molecular complexity index is 73.5. The Morgan fingerprint density at radius 2 is 2.00 bits per heavy atom. The van der Waals surface area contributed by atoms with Crippen molar-refractivity contribution in [2.75, 3.05) is 0 Å². The molecule has 2 nitrogen and oxygen atoms in total. The monoisotopic (exact) mass is 167 g/mol. The molecule has 0 saturated carbocycles. The van der Waals surface area contributed by atoms with E-state index in [9.17, 15) is 4.79 Å². The maximum absolute atomic E-state index is 9.87. The molecule has 0 aliphatic carbocycles. The summed E-state index contributed by atoms with van der Waals surface area (Å²) in [6.07, 6.45) is 3.28. The average molecular weight is 167 g/mol. The topological polar surface area (TPSA) is 37.3 Å². The zero-order valence-electron chi connectivity index (χ0n) is 5.63. The summed E-state index contributed by atoms with van der Waals surface area (Å²) in [7, 11) is 0. The molecule has 0 heterocycles. The number of aliphatic carboxylic acids is 1. The third-order valence-corrected chi connectivity index (χ3v) is 0.994. The molecule has 0 unspecified atom stereocenters. The van der Waals surface area contributed by atoms with Crippen molar-refractivity contribution in [3.8, 4) is 0 Å². The zero-order chi connectivity index (χ0) is 6.41. The summed E-state index contributed by atoms with van der Waals surface area (Å²) < 4.78 is 0. The fraction of sp³-hybridized carbons (Fsp3) is 0.833. The van der Waals surface area contributed by atoms with Crippen LogP contribution >= 0.6 is 0 Å². The molecule has 0 fully saturated rings. The van der Waals surface area contributed by atoms with E-state index < -0.39 is 5.97 Å². The predicted octanol–water partition coefficient (Wildman–Crippen LogP) is 1.65. The van der Waals surface area contributed by atoms with Gasteiger partial charge in [-0.15, -0.1) is 0 Å². The van der Waals surface area contributed by atoms with E-state index in [0.717, 1.165) is 19.3 Å². The first-order valence-corrected chi connectivity index (χ1v) is 2.99. The van der Waals surface area contributed by atoms with Crippen LogP contribution in [0.4, 0.5) is 0 Å². The molecule has 1 radical (unpaired) electrons. The van der Waals surface area contributed by atoms with Crippen LogP contribution in [0.15, 0.2) is 0 Å². The molecule has 0 amide bonds. The van der Waals surface area contributed by atoms with Crippen molar-refractivity contribution in [3.05, 3.63) is 0 Å². The van der Waals surface area contributed by atoms with E-state index in [1.54, 1.807) is 0 Å². The third-order valence-electron chi connectivity index (χ3n) is 0.994. The van der Waals surface area contributed by atoms with Gasteiger partial charge in [0.1, 0.15) is 0 Å². The van der Waals surface area contributed by atoms with E-state index in [2.05, 4.69) is 6.92 Å². The maximum Gasteiger partial charge on any atom is 0.303 e. The van der Waals surface area contributed by atoms with Gasteiger partial charge in [-0.25, -0.2) is 0 Å². The first-order valence-electron chi connectivity index (χ1n) is 2.99. The quantitative estimate of drug-likeness (QED) is 0.646. The van der Waals surface area contributed by atoms with Crippen molar-refractivity contribution in [1.29, 1.82) is 0 Å². The van der Waals surface area contributed by atoms with Gasteiger partial charge in [0.05, 0.1) is 0 Å². The van der Waals surface area contributed by atoms with Crippen molar-refractivity contribution >= 4 is 5.97 Å². The molecule has 0 aliphatic rings. The molecule has 1 N–H and O–H groups in total. The summed E-state index contributed by atoms with van der Waals surface area (Å²) in [4.78, 5) is 9.87. The van der Waals surface area contributed by atoms with Gasteiger partial charge in [-0.05, 0) is 6.42 Å². The van der Waals surface area contributed by atoms with Crippen molar-refractivity contribution < 1.29 is 28.5 Å². The number of unbranched alkanes of at least 4 members (excludes halogenated alkanes) is 2. The molecule has 0 aromatic heterocycles. The summed E-state index contributed by atoms with van der Waals surface area (Å²) >= 11 is 0. The number of rotatable bonds is 4. The number of hydrogen-bond acceptors (Lipinski definition) is 1. The van der Waals surface area contributed by atoms with Crippen LogP contribution in [0.3, 0.4) is 0 Å². The first kappa shape index (κ1) is 11.8. The van der Waals surface area contributed by atoms with E-state index in [1.807, 2.05) is 0 Å². The fourth-order valence-corrected chi connectivity index (χ4v) is 0.526.